The van der Waals surface area contributed by atoms with Gasteiger partial charge in [-0.05, 0) is 66.7 Å². The number of methoxy groups -OCH3 is 1. The van der Waals surface area contributed by atoms with Crippen LogP contribution < -0.4 is 15.0 Å². The number of fused-ring (bicyclic) bond motifs is 3. The molecule has 0 fully saturated rings. The van der Waals surface area contributed by atoms with E-state index in [2.05, 4.69) is 39.6 Å². The molecule has 172 valence electrons. The van der Waals surface area contributed by atoms with Crippen molar-refractivity contribution in [2.45, 2.75) is 60.3 Å². The Balaban J connectivity index is 1.66. The predicted octanol–water partition coefficient (Wildman–Crippen LogP) is 6.24. The van der Waals surface area contributed by atoms with Gasteiger partial charge >= 0.3 is 0 Å². The van der Waals surface area contributed by atoms with E-state index >= 15 is 0 Å². The van der Waals surface area contributed by atoms with Crippen LogP contribution in [0.4, 0.5) is 0 Å². The predicted molar refractivity (Wildman–Crippen MR) is 132 cm³/mol. The quantitative estimate of drug-likeness (QED) is 0.479. The number of aromatic nitrogens is 2. The van der Waals surface area contributed by atoms with Crippen LogP contribution in [0.1, 0.15) is 57.9 Å². The molecule has 1 unspecified atom stereocenters. The third kappa shape index (κ3) is 4.56. The van der Waals surface area contributed by atoms with Crippen LogP contribution in [0.5, 0.6) is 11.5 Å². The number of hydrogen-bond acceptors (Lipinski definition) is 5. The van der Waals surface area contributed by atoms with Crippen molar-refractivity contribution in [1.29, 1.82) is 0 Å². The van der Waals surface area contributed by atoms with Gasteiger partial charge in [-0.1, -0.05) is 34.6 Å². The van der Waals surface area contributed by atoms with Crippen molar-refractivity contribution in [2.75, 3.05) is 13.7 Å². The van der Waals surface area contributed by atoms with Gasteiger partial charge in [-0.3, -0.25) is 4.79 Å². The maximum Gasteiger partial charge on any atom is 0.260 e. The highest BCUT2D eigenvalue weighted by Gasteiger charge is 2.31. The fourth-order valence-electron chi connectivity index (χ4n) is 4.40. The molecule has 2 aromatic heterocycles. The van der Waals surface area contributed by atoms with Crippen LogP contribution in [-0.4, -0.2) is 23.7 Å². The van der Waals surface area contributed by atoms with Gasteiger partial charge in [0.25, 0.3) is 5.56 Å². The maximum atomic E-state index is 13.1. The molecule has 0 radical (unpaired) electrons. The fraction of sp³-hybridized carbons (Fsp3) is 0.538. The van der Waals surface area contributed by atoms with Crippen LogP contribution in [-0.2, 0) is 12.8 Å². The summed E-state index contributed by atoms with van der Waals surface area (Å²) in [6, 6.07) is 5.71. The van der Waals surface area contributed by atoms with Crippen molar-refractivity contribution < 1.29 is 9.47 Å². The lowest BCUT2D eigenvalue weighted by Crippen LogP contribution is -2.26. The van der Waals surface area contributed by atoms with E-state index in [0.29, 0.717) is 35.8 Å². The first-order valence-corrected chi connectivity index (χ1v) is 12.3. The molecule has 6 heteroatoms. The van der Waals surface area contributed by atoms with Gasteiger partial charge in [0.05, 0.1) is 19.1 Å². The SMILES string of the molecule is COc1cc(-c2nc3sc4c(c3c(=O)[nH]2)CCC(C(C)(C)C)C4)ccc1OCCC(C)C. The van der Waals surface area contributed by atoms with E-state index in [4.69, 9.17) is 14.5 Å². The van der Waals surface area contributed by atoms with Crippen molar-refractivity contribution in [1.82, 2.24) is 9.97 Å². The molecule has 0 saturated carbocycles. The van der Waals surface area contributed by atoms with Crippen LogP contribution in [0.25, 0.3) is 21.6 Å². The maximum absolute atomic E-state index is 13.1. The summed E-state index contributed by atoms with van der Waals surface area (Å²) in [7, 11) is 1.63. The molecule has 1 aliphatic carbocycles. The molecule has 1 N–H and O–H groups in total. The first-order valence-electron chi connectivity index (χ1n) is 11.5. The summed E-state index contributed by atoms with van der Waals surface area (Å²) in [6.45, 7) is 11.9. The Labute approximate surface area is 194 Å². The van der Waals surface area contributed by atoms with Crippen molar-refractivity contribution in [2.24, 2.45) is 17.3 Å². The number of hydrogen-bond donors (Lipinski definition) is 1. The lowest BCUT2D eigenvalue weighted by atomic mass is 9.72. The van der Waals surface area contributed by atoms with Gasteiger partial charge in [0.15, 0.2) is 11.5 Å². The van der Waals surface area contributed by atoms with Crippen molar-refractivity contribution in [3.05, 3.63) is 39.0 Å². The molecule has 1 atom stereocenters. The monoisotopic (exact) mass is 454 g/mol. The van der Waals surface area contributed by atoms with Crippen LogP contribution in [0.15, 0.2) is 23.0 Å². The molecule has 0 amide bonds. The van der Waals surface area contributed by atoms with Gasteiger partial charge in [0.2, 0.25) is 0 Å². The van der Waals surface area contributed by atoms with Crippen LogP contribution in [0, 0.1) is 17.3 Å². The number of thiophene rings is 1. The number of H-pyrrole nitrogens is 1. The molecule has 3 aromatic rings. The van der Waals surface area contributed by atoms with E-state index in [1.54, 1.807) is 18.4 Å². The van der Waals surface area contributed by atoms with Crippen LogP contribution in [0.3, 0.4) is 0 Å². The minimum atomic E-state index is -0.0482. The summed E-state index contributed by atoms with van der Waals surface area (Å²) in [5.74, 6) is 3.14. The minimum absolute atomic E-state index is 0.0482. The summed E-state index contributed by atoms with van der Waals surface area (Å²) in [4.78, 5) is 23.1. The lowest BCUT2D eigenvalue weighted by Gasteiger charge is -2.33. The van der Waals surface area contributed by atoms with Gasteiger partial charge in [-0.15, -0.1) is 11.3 Å². The Morgan fingerprint density at radius 1 is 1.25 bits per heavy atom. The first-order chi connectivity index (χ1) is 15.2. The highest BCUT2D eigenvalue weighted by Crippen LogP contribution is 2.42. The van der Waals surface area contributed by atoms with E-state index in [-0.39, 0.29) is 11.0 Å². The number of aryl methyl sites for hydroxylation is 1. The Hall–Kier alpha value is -2.34. The second kappa shape index (κ2) is 8.89. The van der Waals surface area contributed by atoms with Crippen molar-refractivity contribution in [3.63, 3.8) is 0 Å². The van der Waals surface area contributed by atoms with E-state index < -0.39 is 0 Å². The minimum Gasteiger partial charge on any atom is -0.493 e. The number of nitrogens with zero attached hydrogens (tertiary/aromatic N) is 1. The van der Waals surface area contributed by atoms with Gasteiger partial charge in [-0.2, -0.15) is 0 Å². The molecule has 0 aliphatic heterocycles. The molecular formula is C26H34N2O3S. The summed E-state index contributed by atoms with van der Waals surface area (Å²) < 4.78 is 11.5. The molecule has 4 rings (SSSR count). The first kappa shape index (κ1) is 22.8. The van der Waals surface area contributed by atoms with E-state index in [1.165, 1.54) is 10.4 Å². The summed E-state index contributed by atoms with van der Waals surface area (Å²) >= 11 is 1.68. The molecule has 5 nitrogen and oxygen atoms in total. The summed E-state index contributed by atoms with van der Waals surface area (Å²) in [5, 5.41) is 0.779. The Bertz CT molecular complexity index is 1170. The Morgan fingerprint density at radius 2 is 2.03 bits per heavy atom. The number of rotatable bonds is 6. The Morgan fingerprint density at radius 3 is 2.72 bits per heavy atom. The number of nitrogens with one attached hydrogen (secondary N) is 1. The smallest absolute Gasteiger partial charge is 0.260 e. The molecule has 0 bridgehead atoms. The molecule has 0 saturated heterocycles. The molecule has 2 heterocycles. The van der Waals surface area contributed by atoms with Gasteiger partial charge in [0, 0.05) is 10.4 Å². The fourth-order valence-corrected chi connectivity index (χ4v) is 5.70. The average Bonchev–Trinajstić information content (AvgIpc) is 3.11. The zero-order chi connectivity index (χ0) is 23.0. The molecule has 0 spiro atoms. The van der Waals surface area contributed by atoms with Crippen LogP contribution in [0.2, 0.25) is 0 Å². The highest BCUT2D eigenvalue weighted by atomic mass is 32.1. The second-order valence-electron chi connectivity index (χ2n) is 10.3. The average molecular weight is 455 g/mol. The molecule has 32 heavy (non-hydrogen) atoms. The zero-order valence-electron chi connectivity index (χ0n) is 20.0. The molecular weight excluding hydrogens is 420 g/mol. The van der Waals surface area contributed by atoms with Gasteiger partial charge in [-0.25, -0.2) is 4.98 Å². The van der Waals surface area contributed by atoms with Crippen molar-refractivity contribution in [3.8, 4) is 22.9 Å². The zero-order valence-corrected chi connectivity index (χ0v) is 20.8. The highest BCUT2D eigenvalue weighted by molar-refractivity contribution is 7.18. The van der Waals surface area contributed by atoms with E-state index in [9.17, 15) is 4.79 Å². The normalized spacial score (nSPS) is 16.4. The van der Waals surface area contributed by atoms with Crippen molar-refractivity contribution >= 4 is 21.6 Å². The molecule has 1 aliphatic rings. The second-order valence-corrected chi connectivity index (χ2v) is 11.4. The number of aromatic amines is 1. The van der Waals surface area contributed by atoms with Crippen LogP contribution >= 0.6 is 11.3 Å². The molecule has 1 aromatic carbocycles. The lowest BCUT2D eigenvalue weighted by molar-refractivity contribution is 0.218. The largest absolute Gasteiger partial charge is 0.493 e. The third-order valence-corrected chi connectivity index (χ3v) is 7.68. The number of ether oxygens (including phenoxy) is 2. The third-order valence-electron chi connectivity index (χ3n) is 6.53. The Kier molecular flexibility index (Phi) is 6.35. The van der Waals surface area contributed by atoms with Gasteiger partial charge < -0.3 is 14.5 Å². The standard InChI is InChI=1S/C26H34N2O3S/c1-15(2)11-12-31-19-10-7-16(13-20(19)30-6)23-27-24(29)22-18-9-8-17(26(3,4)5)14-21(18)32-25(22)28-23/h7,10,13,15,17H,8-9,11-12,14H2,1-6H3,(H,27,28,29). The van der Waals surface area contributed by atoms with Gasteiger partial charge in [0.1, 0.15) is 10.7 Å². The topological polar surface area (TPSA) is 64.2 Å². The summed E-state index contributed by atoms with van der Waals surface area (Å²) in [5.41, 5.74) is 2.25. The van der Waals surface area contributed by atoms with E-state index in [1.807, 2.05) is 18.2 Å². The van der Waals surface area contributed by atoms with E-state index in [0.717, 1.165) is 41.5 Å². The number of benzene rings is 1. The summed E-state index contributed by atoms with van der Waals surface area (Å²) in [6.07, 6.45) is 4.09.